The first kappa shape index (κ1) is 23.4. The lowest BCUT2D eigenvalue weighted by Gasteiger charge is -2.55. The molecule has 0 aromatic heterocycles. The van der Waals surface area contributed by atoms with E-state index in [2.05, 4.69) is 78.6 Å². The minimum absolute atomic E-state index is 0. The van der Waals surface area contributed by atoms with Gasteiger partial charge in [-0.25, -0.2) is 0 Å². The molecule has 4 atom stereocenters. The van der Waals surface area contributed by atoms with Crippen LogP contribution in [-0.2, 0) is 4.74 Å². The van der Waals surface area contributed by atoms with Crippen molar-refractivity contribution in [3.63, 3.8) is 0 Å². The molecule has 3 rings (SSSR count). The Morgan fingerprint density at radius 2 is 1.93 bits per heavy atom. The van der Waals surface area contributed by atoms with E-state index in [1.807, 2.05) is 7.05 Å². The van der Waals surface area contributed by atoms with E-state index in [9.17, 15) is 0 Å². The van der Waals surface area contributed by atoms with Crippen LogP contribution in [0.5, 0.6) is 0 Å². The van der Waals surface area contributed by atoms with Crippen LogP contribution in [0.3, 0.4) is 0 Å². The summed E-state index contributed by atoms with van der Waals surface area (Å²) in [7, 11) is 1.86. The van der Waals surface area contributed by atoms with E-state index in [4.69, 9.17) is 4.74 Å². The lowest BCUT2D eigenvalue weighted by Crippen LogP contribution is -2.68. The molecule has 4 unspecified atom stereocenters. The Labute approximate surface area is 187 Å². The number of hydrogen-bond donors (Lipinski definition) is 2. The van der Waals surface area contributed by atoms with Crippen molar-refractivity contribution >= 4 is 29.9 Å². The maximum absolute atomic E-state index is 5.92. The Hall–Kier alpha value is -0.860. The smallest absolute Gasteiger partial charge is 0.191 e. The van der Waals surface area contributed by atoms with Crippen LogP contribution in [-0.4, -0.2) is 56.3 Å². The van der Waals surface area contributed by atoms with Crippen LogP contribution < -0.4 is 10.6 Å². The van der Waals surface area contributed by atoms with Crippen LogP contribution in [0.1, 0.15) is 45.7 Å². The average molecular weight is 500 g/mol. The largest absolute Gasteiger partial charge is 0.377 e. The fourth-order valence-corrected chi connectivity index (χ4v) is 4.95. The molecular formula is C22H37IN4O. The molecule has 1 saturated carbocycles. The molecule has 158 valence electrons. The Morgan fingerprint density at radius 3 is 2.54 bits per heavy atom. The summed E-state index contributed by atoms with van der Waals surface area (Å²) in [5, 5.41) is 7.28. The van der Waals surface area contributed by atoms with Gasteiger partial charge in [-0.1, -0.05) is 58.0 Å². The van der Waals surface area contributed by atoms with Gasteiger partial charge in [-0.15, -0.1) is 24.0 Å². The van der Waals surface area contributed by atoms with Crippen molar-refractivity contribution in [3.8, 4) is 0 Å². The Morgan fingerprint density at radius 1 is 1.25 bits per heavy atom. The van der Waals surface area contributed by atoms with Crippen molar-refractivity contribution in [3.05, 3.63) is 35.9 Å². The quantitative estimate of drug-likeness (QED) is 0.341. The minimum atomic E-state index is 0. The number of nitrogens with zero attached hydrogens (tertiary/aromatic N) is 2. The highest BCUT2D eigenvalue weighted by atomic mass is 127. The van der Waals surface area contributed by atoms with Gasteiger partial charge in [-0.3, -0.25) is 9.89 Å². The Balaban J connectivity index is 0.00000280. The molecule has 0 amide bonds. The van der Waals surface area contributed by atoms with Gasteiger partial charge in [0.25, 0.3) is 0 Å². The third-order valence-electron chi connectivity index (χ3n) is 6.52. The average Bonchev–Trinajstić information content (AvgIpc) is 3.15. The van der Waals surface area contributed by atoms with E-state index in [0.29, 0.717) is 24.1 Å². The van der Waals surface area contributed by atoms with Crippen molar-refractivity contribution in [1.29, 1.82) is 0 Å². The molecule has 28 heavy (non-hydrogen) atoms. The third kappa shape index (κ3) is 4.65. The van der Waals surface area contributed by atoms with Gasteiger partial charge in [0.15, 0.2) is 5.96 Å². The predicted molar refractivity (Wildman–Crippen MR) is 127 cm³/mol. The first-order valence-corrected chi connectivity index (χ1v) is 10.4. The van der Waals surface area contributed by atoms with E-state index < -0.39 is 0 Å². The molecule has 0 spiro atoms. The summed E-state index contributed by atoms with van der Waals surface area (Å²) in [6.07, 6.45) is 1.54. The number of fused-ring (bicyclic) bond motifs is 1. The zero-order chi connectivity index (χ0) is 19.4. The van der Waals surface area contributed by atoms with Gasteiger partial charge in [-0.2, -0.15) is 0 Å². The summed E-state index contributed by atoms with van der Waals surface area (Å²) in [4.78, 5) is 6.99. The molecule has 1 saturated heterocycles. The zero-order valence-corrected chi connectivity index (χ0v) is 20.3. The van der Waals surface area contributed by atoms with Gasteiger partial charge in [0.1, 0.15) is 0 Å². The van der Waals surface area contributed by atoms with Crippen LogP contribution in [0.25, 0.3) is 0 Å². The highest BCUT2D eigenvalue weighted by molar-refractivity contribution is 14.0. The van der Waals surface area contributed by atoms with Crippen LogP contribution >= 0.6 is 24.0 Å². The molecule has 2 fully saturated rings. The van der Waals surface area contributed by atoms with E-state index in [1.54, 1.807) is 0 Å². The molecule has 1 aliphatic heterocycles. The SMILES string of the molecule is CCN(CC)C(CNC(=NC)NC1C2CCOC2C1(C)C)c1ccccc1.I. The number of nitrogens with one attached hydrogen (secondary N) is 2. The van der Waals surface area contributed by atoms with E-state index >= 15 is 0 Å². The lowest BCUT2D eigenvalue weighted by molar-refractivity contribution is -0.106. The normalized spacial score (nSPS) is 26.8. The van der Waals surface area contributed by atoms with E-state index in [-0.39, 0.29) is 29.4 Å². The summed E-state index contributed by atoms with van der Waals surface area (Å²) in [5.41, 5.74) is 1.49. The highest BCUT2D eigenvalue weighted by Gasteiger charge is 2.59. The molecule has 1 aromatic rings. The zero-order valence-electron chi connectivity index (χ0n) is 17.9. The summed E-state index contributed by atoms with van der Waals surface area (Å²) >= 11 is 0. The summed E-state index contributed by atoms with van der Waals surface area (Å²) < 4.78 is 5.92. The van der Waals surface area contributed by atoms with Crippen LogP contribution in [0, 0.1) is 11.3 Å². The second-order valence-electron chi connectivity index (χ2n) is 8.29. The van der Waals surface area contributed by atoms with Gasteiger partial charge < -0.3 is 15.4 Å². The standard InChI is InChI=1S/C22H36N4O.HI/c1-6-26(7-2)18(16-11-9-8-10-12-16)15-24-21(23-5)25-19-17-13-14-27-20(17)22(19,3)4;/h8-12,17-20H,6-7,13-15H2,1-5H3,(H2,23,24,25);1H. The maximum Gasteiger partial charge on any atom is 0.191 e. The Bertz CT molecular complexity index is 633. The number of halogens is 1. The predicted octanol–water partition coefficient (Wildman–Crippen LogP) is 3.67. The topological polar surface area (TPSA) is 48.9 Å². The molecule has 0 bridgehead atoms. The minimum Gasteiger partial charge on any atom is -0.377 e. The van der Waals surface area contributed by atoms with Crippen molar-refractivity contribution in [2.24, 2.45) is 16.3 Å². The van der Waals surface area contributed by atoms with Gasteiger partial charge in [0.05, 0.1) is 12.1 Å². The number of aliphatic imine (C=N–C) groups is 1. The third-order valence-corrected chi connectivity index (χ3v) is 6.52. The fraction of sp³-hybridized carbons (Fsp3) is 0.682. The molecule has 1 heterocycles. The molecule has 5 nitrogen and oxygen atoms in total. The molecule has 2 aliphatic rings. The lowest BCUT2D eigenvalue weighted by atomic mass is 9.57. The number of ether oxygens (including phenoxy) is 1. The van der Waals surface area contributed by atoms with E-state index in [0.717, 1.165) is 38.6 Å². The molecular weight excluding hydrogens is 463 g/mol. The second kappa shape index (κ2) is 10.3. The van der Waals surface area contributed by atoms with Crippen molar-refractivity contribution in [1.82, 2.24) is 15.5 Å². The first-order valence-electron chi connectivity index (χ1n) is 10.4. The van der Waals surface area contributed by atoms with Crippen LogP contribution in [0.15, 0.2) is 35.3 Å². The van der Waals surface area contributed by atoms with Crippen molar-refractivity contribution < 1.29 is 4.74 Å². The van der Waals surface area contributed by atoms with Crippen molar-refractivity contribution in [2.75, 3.05) is 33.3 Å². The number of hydrogen-bond acceptors (Lipinski definition) is 3. The number of rotatable bonds is 7. The molecule has 1 aromatic carbocycles. The summed E-state index contributed by atoms with van der Waals surface area (Å²) in [5.74, 6) is 1.50. The number of likely N-dealkylation sites (N-methyl/N-ethyl adjacent to an activating group) is 1. The fourth-order valence-electron chi connectivity index (χ4n) is 4.95. The summed E-state index contributed by atoms with van der Waals surface area (Å²) in [6, 6.07) is 11.5. The summed E-state index contributed by atoms with van der Waals surface area (Å²) in [6.45, 7) is 12.8. The van der Waals surface area contributed by atoms with Crippen molar-refractivity contribution in [2.45, 2.75) is 52.3 Å². The van der Waals surface area contributed by atoms with E-state index in [1.165, 1.54) is 5.56 Å². The van der Waals surface area contributed by atoms with Gasteiger partial charge >= 0.3 is 0 Å². The van der Waals surface area contributed by atoms with Gasteiger partial charge in [0.2, 0.25) is 0 Å². The molecule has 2 N–H and O–H groups in total. The van der Waals surface area contributed by atoms with Crippen LogP contribution in [0.2, 0.25) is 0 Å². The second-order valence-corrected chi connectivity index (χ2v) is 8.29. The number of guanidine groups is 1. The van der Waals surface area contributed by atoms with Gasteiger partial charge in [0, 0.05) is 37.6 Å². The Kier molecular flexibility index (Phi) is 8.58. The van der Waals surface area contributed by atoms with Crippen LogP contribution in [0.4, 0.5) is 0 Å². The number of benzene rings is 1. The molecule has 0 radical (unpaired) electrons. The maximum atomic E-state index is 5.92. The monoisotopic (exact) mass is 500 g/mol. The van der Waals surface area contributed by atoms with Gasteiger partial charge in [-0.05, 0) is 25.1 Å². The first-order chi connectivity index (χ1) is 13.0. The highest BCUT2D eigenvalue weighted by Crippen LogP contribution is 2.52. The molecule has 1 aliphatic carbocycles. The molecule has 6 heteroatoms.